The molecule has 0 spiro atoms. The summed E-state index contributed by atoms with van der Waals surface area (Å²) in [6, 6.07) is -2.12. The van der Waals surface area contributed by atoms with Crippen LogP contribution in [-0.4, -0.2) is 32.2 Å². The Balaban J connectivity index is 4.29. The van der Waals surface area contributed by atoms with Crippen LogP contribution in [0.2, 0.25) is 0 Å². The predicted octanol–water partition coefficient (Wildman–Crippen LogP) is -0.117. The predicted molar refractivity (Wildman–Crippen MR) is 33.0 cm³/mol. The first-order valence-electron chi connectivity index (χ1n) is 2.89. The van der Waals surface area contributed by atoms with Gasteiger partial charge in [-0.25, -0.2) is 0 Å². The minimum absolute atomic E-state index is 1.08. The van der Waals surface area contributed by atoms with Crippen molar-refractivity contribution in [1.82, 2.24) is 10.6 Å². The minimum atomic E-state index is -4.53. The number of amides is 1. The summed E-state index contributed by atoms with van der Waals surface area (Å²) in [6.45, 7) is 0. The van der Waals surface area contributed by atoms with Crippen LogP contribution in [0.4, 0.5) is 13.2 Å². The SMILES string of the molecule is CNC(=O)C(NC)C(F)(F)F. The maximum Gasteiger partial charge on any atom is 0.412 e. The van der Waals surface area contributed by atoms with Gasteiger partial charge in [-0.15, -0.1) is 0 Å². The molecule has 1 atom stereocenters. The van der Waals surface area contributed by atoms with Gasteiger partial charge < -0.3 is 10.6 Å². The molecule has 0 aromatic rings. The number of hydrogen-bond donors (Lipinski definition) is 2. The van der Waals surface area contributed by atoms with E-state index < -0.39 is 18.1 Å². The highest BCUT2D eigenvalue weighted by Crippen LogP contribution is 2.19. The van der Waals surface area contributed by atoms with Gasteiger partial charge in [-0.1, -0.05) is 0 Å². The second-order valence-corrected chi connectivity index (χ2v) is 1.88. The van der Waals surface area contributed by atoms with E-state index in [9.17, 15) is 18.0 Å². The minimum Gasteiger partial charge on any atom is -0.358 e. The Morgan fingerprint density at radius 1 is 1.36 bits per heavy atom. The molecule has 0 aliphatic heterocycles. The quantitative estimate of drug-likeness (QED) is 0.606. The van der Waals surface area contributed by atoms with E-state index >= 15 is 0 Å². The van der Waals surface area contributed by atoms with Gasteiger partial charge in [-0.3, -0.25) is 4.79 Å². The van der Waals surface area contributed by atoms with E-state index in [2.05, 4.69) is 0 Å². The Morgan fingerprint density at radius 2 is 1.82 bits per heavy atom. The molecule has 6 heteroatoms. The molecular formula is C5H9F3N2O. The molecule has 0 bridgehead atoms. The summed E-state index contributed by atoms with van der Waals surface area (Å²) in [5, 5.41) is 3.76. The highest BCUT2D eigenvalue weighted by molar-refractivity contribution is 5.82. The van der Waals surface area contributed by atoms with E-state index in [-0.39, 0.29) is 0 Å². The van der Waals surface area contributed by atoms with Crippen molar-refractivity contribution in [2.45, 2.75) is 12.2 Å². The molecule has 1 amide bonds. The van der Waals surface area contributed by atoms with Gasteiger partial charge >= 0.3 is 6.18 Å². The van der Waals surface area contributed by atoms with Crippen molar-refractivity contribution in [3.05, 3.63) is 0 Å². The van der Waals surface area contributed by atoms with Crippen LogP contribution < -0.4 is 10.6 Å². The second kappa shape index (κ2) is 3.56. The summed E-state index contributed by atoms with van der Waals surface area (Å²) in [6.07, 6.45) is -4.53. The third-order valence-corrected chi connectivity index (χ3v) is 1.12. The lowest BCUT2D eigenvalue weighted by Gasteiger charge is -2.17. The Labute approximate surface area is 62.0 Å². The number of likely N-dealkylation sites (N-methyl/N-ethyl adjacent to an activating group) is 2. The van der Waals surface area contributed by atoms with Gasteiger partial charge in [-0.05, 0) is 7.05 Å². The third-order valence-electron chi connectivity index (χ3n) is 1.12. The normalized spacial score (nSPS) is 14.3. The standard InChI is InChI=1S/C5H9F3N2O/c1-9-3(4(11)10-2)5(6,7)8/h3,9H,1-2H3,(H,10,11). The molecule has 2 N–H and O–H groups in total. The van der Waals surface area contributed by atoms with E-state index in [1.807, 2.05) is 10.6 Å². The summed E-state index contributed by atoms with van der Waals surface area (Å²) in [4.78, 5) is 10.5. The monoisotopic (exact) mass is 170 g/mol. The third kappa shape index (κ3) is 2.75. The van der Waals surface area contributed by atoms with Crippen LogP contribution in [0.15, 0.2) is 0 Å². The summed E-state index contributed by atoms with van der Waals surface area (Å²) in [5.74, 6) is -1.08. The molecule has 0 fully saturated rings. The number of alkyl halides is 3. The maximum absolute atomic E-state index is 11.8. The van der Waals surface area contributed by atoms with Crippen LogP contribution in [0.25, 0.3) is 0 Å². The first kappa shape index (κ1) is 10.2. The van der Waals surface area contributed by atoms with E-state index in [0.29, 0.717) is 0 Å². The van der Waals surface area contributed by atoms with Gasteiger partial charge in [0.15, 0.2) is 6.04 Å². The van der Waals surface area contributed by atoms with Gasteiger partial charge in [0.1, 0.15) is 0 Å². The van der Waals surface area contributed by atoms with Gasteiger partial charge in [0.2, 0.25) is 5.91 Å². The zero-order valence-electron chi connectivity index (χ0n) is 6.12. The number of nitrogens with one attached hydrogen (secondary N) is 2. The molecule has 0 rings (SSSR count). The Hall–Kier alpha value is -0.780. The van der Waals surface area contributed by atoms with Crippen molar-refractivity contribution in [2.75, 3.05) is 14.1 Å². The number of carbonyl (C=O) groups excluding carboxylic acids is 1. The molecule has 66 valence electrons. The van der Waals surface area contributed by atoms with E-state index in [1.54, 1.807) is 0 Å². The lowest BCUT2D eigenvalue weighted by molar-refractivity contribution is -0.167. The molecule has 0 aromatic heterocycles. The Bertz CT molecular complexity index is 145. The van der Waals surface area contributed by atoms with Crippen molar-refractivity contribution >= 4 is 5.91 Å². The van der Waals surface area contributed by atoms with Gasteiger partial charge in [-0.2, -0.15) is 13.2 Å². The largest absolute Gasteiger partial charge is 0.412 e. The fourth-order valence-electron chi connectivity index (χ4n) is 0.588. The van der Waals surface area contributed by atoms with Crippen molar-refractivity contribution in [2.24, 2.45) is 0 Å². The summed E-state index contributed by atoms with van der Waals surface area (Å²) >= 11 is 0. The van der Waals surface area contributed by atoms with Crippen LogP contribution in [0.1, 0.15) is 0 Å². The average Bonchev–Trinajstić information content (AvgIpc) is 1.86. The molecule has 0 radical (unpaired) electrons. The molecule has 1 unspecified atom stereocenters. The van der Waals surface area contributed by atoms with Crippen molar-refractivity contribution < 1.29 is 18.0 Å². The summed E-state index contributed by atoms with van der Waals surface area (Å²) < 4.78 is 35.5. The van der Waals surface area contributed by atoms with Gasteiger partial charge in [0.05, 0.1) is 0 Å². The van der Waals surface area contributed by atoms with Crippen LogP contribution in [0.5, 0.6) is 0 Å². The smallest absolute Gasteiger partial charge is 0.358 e. The molecule has 0 heterocycles. The topological polar surface area (TPSA) is 41.1 Å². The Morgan fingerprint density at radius 3 is 1.91 bits per heavy atom. The molecule has 0 saturated carbocycles. The number of halogens is 3. The zero-order chi connectivity index (χ0) is 9.07. The molecule has 3 nitrogen and oxygen atoms in total. The van der Waals surface area contributed by atoms with Gasteiger partial charge in [0.25, 0.3) is 0 Å². The van der Waals surface area contributed by atoms with Crippen LogP contribution in [-0.2, 0) is 4.79 Å². The first-order valence-corrected chi connectivity index (χ1v) is 2.89. The van der Waals surface area contributed by atoms with Crippen molar-refractivity contribution in [3.63, 3.8) is 0 Å². The molecular weight excluding hydrogens is 161 g/mol. The van der Waals surface area contributed by atoms with Gasteiger partial charge in [0, 0.05) is 7.05 Å². The molecule has 0 aromatic carbocycles. The summed E-state index contributed by atoms with van der Waals surface area (Å²) in [5.41, 5.74) is 0. The van der Waals surface area contributed by atoms with Crippen LogP contribution in [0.3, 0.4) is 0 Å². The lowest BCUT2D eigenvalue weighted by Crippen LogP contribution is -2.50. The molecule has 0 aliphatic carbocycles. The lowest BCUT2D eigenvalue weighted by atomic mass is 10.3. The number of carbonyl (C=O) groups is 1. The van der Waals surface area contributed by atoms with E-state index in [4.69, 9.17) is 0 Å². The van der Waals surface area contributed by atoms with Crippen LogP contribution >= 0.6 is 0 Å². The summed E-state index contributed by atoms with van der Waals surface area (Å²) in [7, 11) is 2.23. The number of rotatable bonds is 2. The van der Waals surface area contributed by atoms with E-state index in [1.165, 1.54) is 0 Å². The second-order valence-electron chi connectivity index (χ2n) is 1.88. The molecule has 11 heavy (non-hydrogen) atoms. The zero-order valence-corrected chi connectivity index (χ0v) is 6.12. The maximum atomic E-state index is 11.8. The highest BCUT2D eigenvalue weighted by atomic mass is 19.4. The molecule has 0 saturated heterocycles. The fraction of sp³-hybridized carbons (Fsp3) is 0.800. The highest BCUT2D eigenvalue weighted by Gasteiger charge is 2.43. The number of hydrogen-bond acceptors (Lipinski definition) is 2. The average molecular weight is 170 g/mol. The Kier molecular flexibility index (Phi) is 3.31. The van der Waals surface area contributed by atoms with E-state index in [0.717, 1.165) is 14.1 Å². The van der Waals surface area contributed by atoms with Crippen molar-refractivity contribution in [3.8, 4) is 0 Å². The van der Waals surface area contributed by atoms with Crippen molar-refractivity contribution in [1.29, 1.82) is 0 Å². The molecule has 0 aliphatic rings. The first-order chi connectivity index (χ1) is 4.93. The van der Waals surface area contributed by atoms with Crippen LogP contribution in [0, 0.1) is 0 Å². The fourth-order valence-corrected chi connectivity index (χ4v) is 0.588.